The summed E-state index contributed by atoms with van der Waals surface area (Å²) in [5.41, 5.74) is -0.468. The number of nitro groups is 1. The van der Waals surface area contributed by atoms with Crippen LogP contribution in [0, 0.1) is 15.9 Å². The van der Waals surface area contributed by atoms with Gasteiger partial charge in [0.25, 0.3) is 5.69 Å². The lowest BCUT2D eigenvalue weighted by Crippen LogP contribution is -2.34. The van der Waals surface area contributed by atoms with Crippen LogP contribution < -0.4 is 10.1 Å². The summed E-state index contributed by atoms with van der Waals surface area (Å²) in [6, 6.07) is 1.47. The molecule has 0 radical (unpaired) electrons. The van der Waals surface area contributed by atoms with E-state index in [-0.39, 0.29) is 24.5 Å². The number of methoxy groups -OCH3 is 1. The normalized spacial score (nSPS) is 18.9. The molecule has 0 bridgehead atoms. The van der Waals surface area contributed by atoms with Crippen molar-refractivity contribution in [2.75, 3.05) is 32.1 Å². The van der Waals surface area contributed by atoms with Crippen molar-refractivity contribution in [3.63, 3.8) is 0 Å². The molecule has 1 aromatic carbocycles. The molecule has 1 heterocycles. The first-order valence-corrected chi connectivity index (χ1v) is 6.77. The highest BCUT2D eigenvalue weighted by atomic mass is 19.4. The second-order valence-electron chi connectivity index (χ2n) is 5.24. The minimum Gasteiger partial charge on any atom is -0.494 e. The van der Waals surface area contributed by atoms with E-state index in [2.05, 4.69) is 5.32 Å². The molecule has 1 fully saturated rings. The summed E-state index contributed by atoms with van der Waals surface area (Å²) in [4.78, 5) is 11.5. The topological polar surface area (TPSA) is 67.6 Å². The van der Waals surface area contributed by atoms with Crippen molar-refractivity contribution < 1.29 is 27.2 Å². The van der Waals surface area contributed by atoms with Gasteiger partial charge in [-0.1, -0.05) is 0 Å². The number of ether oxygens (including phenoxy) is 1. The minimum atomic E-state index is -4.29. The SMILES string of the molecule is COc1cc(NC2CCN(CC(F)(F)F)C2)c([N+](=O)[O-])cc1F. The summed E-state index contributed by atoms with van der Waals surface area (Å²) in [6.45, 7) is -0.709. The van der Waals surface area contributed by atoms with E-state index in [0.29, 0.717) is 6.42 Å². The zero-order valence-corrected chi connectivity index (χ0v) is 12.2. The number of nitrogens with zero attached hydrogens (tertiary/aromatic N) is 2. The molecule has 1 aliphatic heterocycles. The minimum absolute atomic E-state index is 0.0205. The van der Waals surface area contributed by atoms with Crippen LogP contribution in [0.15, 0.2) is 12.1 Å². The van der Waals surface area contributed by atoms with Gasteiger partial charge in [-0.25, -0.2) is 4.39 Å². The predicted octanol–water partition coefficient (Wildman–Crippen LogP) is 2.79. The van der Waals surface area contributed by atoms with Crippen molar-refractivity contribution in [2.24, 2.45) is 0 Å². The van der Waals surface area contributed by atoms with Crippen LogP contribution in [0.4, 0.5) is 28.9 Å². The monoisotopic (exact) mass is 337 g/mol. The van der Waals surface area contributed by atoms with Crippen LogP contribution in [-0.2, 0) is 0 Å². The summed E-state index contributed by atoms with van der Waals surface area (Å²) in [5, 5.41) is 13.8. The largest absolute Gasteiger partial charge is 0.494 e. The van der Waals surface area contributed by atoms with Gasteiger partial charge in [0, 0.05) is 25.2 Å². The van der Waals surface area contributed by atoms with Gasteiger partial charge in [0.2, 0.25) is 0 Å². The molecular formula is C13H15F4N3O3. The first-order valence-electron chi connectivity index (χ1n) is 6.77. The first-order chi connectivity index (χ1) is 10.7. The van der Waals surface area contributed by atoms with Crippen molar-refractivity contribution in [3.8, 4) is 5.75 Å². The van der Waals surface area contributed by atoms with Crippen LogP contribution in [-0.4, -0.2) is 48.8 Å². The Morgan fingerprint density at radius 2 is 2.17 bits per heavy atom. The van der Waals surface area contributed by atoms with Gasteiger partial charge in [-0.2, -0.15) is 13.2 Å². The van der Waals surface area contributed by atoms with E-state index < -0.39 is 35.2 Å². The van der Waals surface area contributed by atoms with Gasteiger partial charge in [-0.15, -0.1) is 0 Å². The van der Waals surface area contributed by atoms with Crippen LogP contribution in [0.3, 0.4) is 0 Å². The Kier molecular flexibility index (Phi) is 4.93. The summed E-state index contributed by atoms with van der Waals surface area (Å²) in [6.07, 6.45) is -3.90. The van der Waals surface area contributed by atoms with Crippen LogP contribution in [0.1, 0.15) is 6.42 Å². The van der Waals surface area contributed by atoms with E-state index >= 15 is 0 Å². The molecule has 10 heteroatoms. The molecule has 0 spiro atoms. The number of halogens is 4. The average Bonchev–Trinajstić information content (AvgIpc) is 2.85. The van der Waals surface area contributed by atoms with Crippen LogP contribution in [0.2, 0.25) is 0 Å². The standard InChI is InChI=1S/C13H15F4N3O3/c1-23-12-5-10(11(20(21)22)4-9(12)14)18-8-2-3-19(6-8)7-13(15,16)17/h4-5,8,18H,2-3,6-7H2,1H3. The Balaban J connectivity index is 2.12. The van der Waals surface area contributed by atoms with E-state index in [1.807, 2.05) is 0 Å². The molecule has 1 N–H and O–H groups in total. The molecular weight excluding hydrogens is 322 g/mol. The van der Waals surface area contributed by atoms with E-state index in [1.54, 1.807) is 0 Å². The van der Waals surface area contributed by atoms with Crippen LogP contribution in [0.5, 0.6) is 5.75 Å². The van der Waals surface area contributed by atoms with Crippen molar-refractivity contribution in [2.45, 2.75) is 18.6 Å². The fourth-order valence-electron chi connectivity index (χ4n) is 2.53. The maximum atomic E-state index is 13.6. The number of rotatable bonds is 5. The van der Waals surface area contributed by atoms with E-state index in [4.69, 9.17) is 4.74 Å². The van der Waals surface area contributed by atoms with Gasteiger partial charge >= 0.3 is 6.18 Å². The molecule has 0 amide bonds. The third kappa shape index (κ3) is 4.44. The number of anilines is 1. The number of hydrogen-bond acceptors (Lipinski definition) is 5. The molecule has 0 saturated carbocycles. The number of nitro benzene ring substituents is 1. The number of benzene rings is 1. The highest BCUT2D eigenvalue weighted by Gasteiger charge is 2.35. The number of nitrogens with one attached hydrogen (secondary N) is 1. The maximum Gasteiger partial charge on any atom is 0.401 e. The molecule has 2 rings (SSSR count). The fraction of sp³-hybridized carbons (Fsp3) is 0.538. The Morgan fingerprint density at radius 1 is 1.48 bits per heavy atom. The molecule has 0 aromatic heterocycles. The van der Waals surface area contributed by atoms with Gasteiger partial charge < -0.3 is 10.1 Å². The molecule has 1 atom stereocenters. The van der Waals surface area contributed by atoms with Gasteiger partial charge in [-0.3, -0.25) is 15.0 Å². The Morgan fingerprint density at radius 3 is 2.74 bits per heavy atom. The van der Waals surface area contributed by atoms with Gasteiger partial charge in [0.05, 0.1) is 24.6 Å². The van der Waals surface area contributed by atoms with Gasteiger partial charge in [-0.05, 0) is 6.42 Å². The molecule has 1 aliphatic rings. The lowest BCUT2D eigenvalue weighted by molar-refractivity contribution is -0.384. The van der Waals surface area contributed by atoms with Crippen LogP contribution >= 0.6 is 0 Å². The van der Waals surface area contributed by atoms with Crippen molar-refractivity contribution in [1.29, 1.82) is 0 Å². The highest BCUT2D eigenvalue weighted by molar-refractivity contribution is 5.65. The molecule has 1 aromatic rings. The van der Waals surface area contributed by atoms with E-state index in [9.17, 15) is 27.7 Å². The lowest BCUT2D eigenvalue weighted by atomic mass is 10.2. The van der Waals surface area contributed by atoms with Crippen LogP contribution in [0.25, 0.3) is 0 Å². The Bertz CT molecular complexity index is 595. The maximum absolute atomic E-state index is 13.6. The molecule has 23 heavy (non-hydrogen) atoms. The highest BCUT2D eigenvalue weighted by Crippen LogP contribution is 2.33. The summed E-state index contributed by atoms with van der Waals surface area (Å²) in [5.74, 6) is -1.06. The first kappa shape index (κ1) is 17.3. The average molecular weight is 337 g/mol. The number of likely N-dealkylation sites (tertiary alicyclic amines) is 1. The number of hydrogen-bond donors (Lipinski definition) is 1. The number of alkyl halides is 3. The second kappa shape index (κ2) is 6.57. The summed E-state index contributed by atoms with van der Waals surface area (Å²) >= 11 is 0. The third-order valence-electron chi connectivity index (χ3n) is 3.50. The molecule has 1 saturated heterocycles. The van der Waals surface area contributed by atoms with Crippen molar-refractivity contribution in [1.82, 2.24) is 4.90 Å². The van der Waals surface area contributed by atoms with Crippen molar-refractivity contribution >= 4 is 11.4 Å². The van der Waals surface area contributed by atoms with Gasteiger partial charge in [0.1, 0.15) is 5.69 Å². The Hall–Kier alpha value is -2.10. The second-order valence-corrected chi connectivity index (χ2v) is 5.24. The zero-order chi connectivity index (χ0) is 17.2. The molecule has 1 unspecified atom stereocenters. The zero-order valence-electron chi connectivity index (χ0n) is 12.2. The predicted molar refractivity (Wildman–Crippen MR) is 74.1 cm³/mol. The smallest absolute Gasteiger partial charge is 0.401 e. The summed E-state index contributed by atoms with van der Waals surface area (Å²) in [7, 11) is 1.22. The quantitative estimate of drug-likeness (QED) is 0.508. The van der Waals surface area contributed by atoms with E-state index in [1.165, 1.54) is 12.0 Å². The summed E-state index contributed by atoms with van der Waals surface area (Å²) < 4.78 is 55.4. The molecule has 6 nitrogen and oxygen atoms in total. The molecule has 128 valence electrons. The lowest BCUT2D eigenvalue weighted by Gasteiger charge is -2.19. The molecule has 0 aliphatic carbocycles. The Labute approximate surface area is 129 Å². The fourth-order valence-corrected chi connectivity index (χ4v) is 2.53. The van der Waals surface area contributed by atoms with Gasteiger partial charge in [0.15, 0.2) is 11.6 Å². The third-order valence-corrected chi connectivity index (χ3v) is 3.50. The van der Waals surface area contributed by atoms with Crippen molar-refractivity contribution in [3.05, 3.63) is 28.1 Å². The van der Waals surface area contributed by atoms with E-state index in [0.717, 1.165) is 12.1 Å².